The first-order chi connectivity index (χ1) is 68.0. The number of hydrogen-bond donors (Lipinski definition) is 25. The summed E-state index contributed by atoms with van der Waals surface area (Å²) >= 11 is 5.55. The molecule has 0 unspecified atom stereocenters. The summed E-state index contributed by atoms with van der Waals surface area (Å²) < 4.78 is 5.93. The number of hydrogen-bond acceptors (Lipinski definition) is 25. The molecule has 1 aromatic heterocycles. The topological polar surface area (TPSA) is 742 Å². The molecule has 0 spiro atoms. The molecule has 28 N–H and O–H groups in total. The smallest absolute Gasteiger partial charge is 0.336 e. The minimum Gasteiger partial charge on any atom is -0.508 e. The van der Waals surface area contributed by atoms with E-state index in [0.717, 1.165) is 20.8 Å². The number of aromatic hydroxyl groups is 1. The maximum absolute atomic E-state index is 15.0. The van der Waals surface area contributed by atoms with Gasteiger partial charge in [0.2, 0.25) is 100 Å². The number of phenols is 1. The summed E-state index contributed by atoms with van der Waals surface area (Å²) in [7, 11) is 0. The number of nitrogens with two attached hydrogens (primary N) is 3. The van der Waals surface area contributed by atoms with Crippen LogP contribution in [0.15, 0.2) is 155 Å². The van der Waals surface area contributed by atoms with E-state index in [0.29, 0.717) is 44.1 Å². The van der Waals surface area contributed by atoms with E-state index in [2.05, 4.69) is 90.1 Å². The van der Waals surface area contributed by atoms with Crippen molar-refractivity contribution >= 4 is 157 Å². The van der Waals surface area contributed by atoms with E-state index in [-0.39, 0.29) is 77.0 Å². The van der Waals surface area contributed by atoms with E-state index in [4.69, 9.17) is 33.8 Å². The summed E-state index contributed by atoms with van der Waals surface area (Å²) in [5.41, 5.74) is 18.8. The number of primary amides is 3. The number of aliphatic carboxylic acids is 1. The lowest BCUT2D eigenvalue weighted by Gasteiger charge is -2.28. The van der Waals surface area contributed by atoms with E-state index >= 15 is 0 Å². The minimum absolute atomic E-state index is 0.0313. The Morgan fingerprint density at radius 2 is 0.819 bits per heavy atom. The Hall–Kier alpha value is -16.3. The summed E-state index contributed by atoms with van der Waals surface area (Å²) in [6.45, 7) is 13.1. The van der Waals surface area contributed by atoms with Gasteiger partial charge in [-0.05, 0) is 150 Å². The Kier molecular flexibility index (Phi) is 41.4. The standard InChI is InChI=1S/C97H120N20O26S/c1-45(2)33-66(88(133)104-51(9)86(131)115-73(44-118)81(100)126)109-84(129)50(8)105-89(134)68(35-53-19-13-11-14-20-53)113-91(136)70(37-55-43-101-64-24-18-17-23-59(55)64)110-85(130)49(7)103-87(132)65(31-32-78(124)125)108-90(135)67(34-46(3)4)112-92(137)71(41-76(98)122)111-83(128)48(6)102-82(127)47(5)106-95(140)80(52(10)119)117-94(139)69(36-54-21-15-12-16-22-54)114-93(138)72(42-77(99)123)116-97(144)107-56-25-28-60(63(38-56)96(141)142)79-61-29-26-57(120)39-74(61)143-75-40-58(121)27-30-62(75)79/h11-30,38-40,43,45-52,65-73,80,101,118-120H,31-37,41-42,44H2,1-10H3,(H2,98,122)(H2,99,123)(H2,100,126)(H,102,127)(H,103,132)(H,104,133)(H,105,134)(H,106,140)(H,108,135)(H,109,129)(H,110,130)(H,111,128)(H,112,137)(H,113,136)(H,114,138)(H,115,131)(H,117,139)(H,124,125)(H,141,142)(H2,107,116,144)/t47-,48-,49-,50-,51-,52+,65-,66-,67-,68-,69-,70-,71-,72-,73-,80-/m0/s1. The number of rotatable bonds is 52. The van der Waals surface area contributed by atoms with Gasteiger partial charge in [-0.15, -0.1) is 0 Å². The summed E-state index contributed by atoms with van der Waals surface area (Å²) in [6.07, 6.45) is -4.26. The molecule has 17 amide bonds. The lowest BCUT2D eigenvalue weighted by Crippen LogP contribution is -2.61. The van der Waals surface area contributed by atoms with Crippen molar-refractivity contribution in [2.75, 3.05) is 11.9 Å². The number of carbonyl (C=O) groups is 19. The largest absolute Gasteiger partial charge is 0.508 e. The van der Waals surface area contributed by atoms with E-state index in [9.17, 15) is 121 Å². The van der Waals surface area contributed by atoms with Gasteiger partial charge in [0.15, 0.2) is 10.5 Å². The van der Waals surface area contributed by atoms with E-state index in [1.807, 2.05) is 0 Å². The molecular weight excluding hydrogens is 1890 g/mol. The lowest BCUT2D eigenvalue weighted by molar-refractivity contribution is -0.139. The van der Waals surface area contributed by atoms with E-state index in [1.165, 1.54) is 75.4 Å². The van der Waals surface area contributed by atoms with Crippen molar-refractivity contribution in [3.8, 4) is 28.2 Å². The minimum atomic E-state index is -1.91. The molecule has 6 aromatic rings. The van der Waals surface area contributed by atoms with Crippen LogP contribution in [0.3, 0.4) is 0 Å². The maximum atomic E-state index is 15.0. The predicted octanol–water partition coefficient (Wildman–Crippen LogP) is -1.71. The molecule has 5 aromatic carbocycles. The average Bonchev–Trinajstić information content (AvgIpc) is 1.21. The van der Waals surface area contributed by atoms with Gasteiger partial charge < -0.3 is 137 Å². The molecule has 2 heterocycles. The van der Waals surface area contributed by atoms with E-state index < -0.39 is 253 Å². The highest BCUT2D eigenvalue weighted by Crippen LogP contribution is 2.43. The zero-order chi connectivity index (χ0) is 106. The SMILES string of the molecule is CC(C)C[C@H](NC(=O)[C@H](C)NC(=O)[C@H](Cc1ccccc1)NC(=O)[C@H](Cc1c[nH]c2ccccc12)NC(=O)[C@H](C)NC(=O)[C@H](CCC(=O)O)NC(=O)[C@H](CC(C)C)NC(=O)[C@H](CC(N)=O)NC(=O)[C@H](C)NC(=O)[C@H](C)NC(=O)[C@@H](NC(=O)[C@H](Cc1ccccc1)NC(=O)[C@H](CC(N)=O)NC(=S)Nc1ccc(-c2c3ccc(=O)cc-3oc3cc(O)ccc23)c(C(=O)O)c1)[C@@H](C)O)C(=O)N[C@@H](C)C(=O)N[C@@H](CO)C(N)=O. The van der Waals surface area contributed by atoms with Crippen LogP contribution in [0, 0.1) is 11.8 Å². The second-order valence-electron chi connectivity index (χ2n) is 35.5. The molecule has 1 aliphatic heterocycles. The number of aliphatic hydroxyl groups is 2. The molecule has 144 heavy (non-hydrogen) atoms. The zero-order valence-corrected chi connectivity index (χ0v) is 81.1. The maximum Gasteiger partial charge on any atom is 0.336 e. The number of aromatic nitrogens is 1. The Bertz CT molecular complexity index is 6120. The summed E-state index contributed by atoms with van der Waals surface area (Å²) in [5, 5.41) is 91.6. The number of aromatic amines is 1. The van der Waals surface area contributed by atoms with Crippen LogP contribution >= 0.6 is 12.2 Å². The number of para-hydroxylation sites is 1. The van der Waals surface area contributed by atoms with Gasteiger partial charge >= 0.3 is 11.9 Å². The van der Waals surface area contributed by atoms with Crippen molar-refractivity contribution in [3.63, 3.8) is 0 Å². The van der Waals surface area contributed by atoms with Crippen LogP contribution in [0.4, 0.5) is 5.69 Å². The summed E-state index contributed by atoms with van der Waals surface area (Å²) in [6, 6.07) is 11.5. The number of fused-ring (bicyclic) bond motifs is 3. The van der Waals surface area contributed by atoms with Gasteiger partial charge in [0, 0.05) is 77.1 Å². The van der Waals surface area contributed by atoms with Crippen molar-refractivity contribution in [1.82, 2.24) is 84.7 Å². The predicted molar refractivity (Wildman–Crippen MR) is 525 cm³/mol. The van der Waals surface area contributed by atoms with Crippen molar-refractivity contribution < 1.29 is 121 Å². The molecule has 1 aliphatic carbocycles. The van der Waals surface area contributed by atoms with Gasteiger partial charge in [0.25, 0.3) is 0 Å². The third-order valence-electron chi connectivity index (χ3n) is 22.7. The average molecular weight is 2010 g/mol. The van der Waals surface area contributed by atoms with Crippen LogP contribution in [-0.2, 0) is 106 Å². The lowest BCUT2D eigenvalue weighted by atomic mass is 9.90. The van der Waals surface area contributed by atoms with Crippen molar-refractivity contribution in [3.05, 3.63) is 178 Å². The Morgan fingerprint density at radius 3 is 1.32 bits per heavy atom. The number of carboxylic acid groups (broad SMARTS) is 2. The molecule has 16 atom stereocenters. The van der Waals surface area contributed by atoms with Gasteiger partial charge in [-0.1, -0.05) is 113 Å². The van der Waals surface area contributed by atoms with Gasteiger partial charge in [-0.2, -0.15) is 0 Å². The quantitative estimate of drug-likeness (QED) is 0.0149. The number of amides is 17. The molecule has 0 fully saturated rings. The number of nitrogens with one attached hydrogen (secondary N) is 17. The van der Waals surface area contributed by atoms with Crippen LogP contribution in [-0.4, -0.2) is 251 Å². The van der Waals surface area contributed by atoms with Crippen LogP contribution in [0.1, 0.15) is 135 Å². The fourth-order valence-corrected chi connectivity index (χ4v) is 15.4. The van der Waals surface area contributed by atoms with E-state index in [1.54, 1.807) is 119 Å². The third-order valence-corrected chi connectivity index (χ3v) is 22.9. The van der Waals surface area contributed by atoms with Crippen molar-refractivity contribution in [1.29, 1.82) is 0 Å². The highest BCUT2D eigenvalue weighted by Gasteiger charge is 2.40. The fourth-order valence-electron chi connectivity index (χ4n) is 15.2. The number of aliphatic hydroxyl groups excluding tert-OH is 2. The molecule has 46 nitrogen and oxygen atoms in total. The number of anilines is 1. The first-order valence-electron chi connectivity index (χ1n) is 45.9. The second-order valence-corrected chi connectivity index (χ2v) is 35.9. The van der Waals surface area contributed by atoms with Crippen molar-refractivity contribution in [2.45, 2.75) is 224 Å². The molecule has 2 aliphatic rings. The second kappa shape index (κ2) is 52.8. The van der Waals surface area contributed by atoms with Crippen LogP contribution in [0.25, 0.3) is 44.3 Å². The van der Waals surface area contributed by atoms with Crippen LogP contribution < -0.4 is 108 Å². The number of carbonyl (C=O) groups excluding carboxylic acids is 17. The Morgan fingerprint density at radius 1 is 0.410 bits per heavy atom. The van der Waals surface area contributed by atoms with Crippen LogP contribution in [0.2, 0.25) is 0 Å². The number of carboxylic acids is 2. The number of H-pyrrole nitrogens is 1. The highest BCUT2D eigenvalue weighted by atomic mass is 32.1. The Balaban J connectivity index is 0.902. The molecule has 47 heteroatoms. The monoisotopic (exact) mass is 2010 g/mol. The van der Waals surface area contributed by atoms with Gasteiger partial charge in [0.1, 0.15) is 108 Å². The normalized spacial score (nSPS) is 14.5. The van der Waals surface area contributed by atoms with Crippen molar-refractivity contribution in [2.24, 2.45) is 29.0 Å². The number of benzene rings is 6. The third kappa shape index (κ3) is 33.4. The highest BCUT2D eigenvalue weighted by molar-refractivity contribution is 7.80. The van der Waals surface area contributed by atoms with Crippen LogP contribution in [0.5, 0.6) is 5.75 Å². The summed E-state index contributed by atoms with van der Waals surface area (Å²) in [5.74, 6) is -21.5. The fraction of sp³-hybridized carbons (Fsp3) is 0.392. The molecule has 0 saturated heterocycles. The number of phenolic OH excluding ortho intramolecular Hbond substituents is 1. The number of aromatic carboxylic acids is 1. The molecule has 770 valence electrons. The molecule has 8 rings (SSSR count). The Labute approximate surface area is 830 Å². The number of thiocarbonyl (C=S) groups is 1. The molecule has 0 bridgehead atoms. The van der Waals surface area contributed by atoms with Gasteiger partial charge in [0.05, 0.1) is 31.1 Å². The van der Waals surface area contributed by atoms with Gasteiger partial charge in [-0.3, -0.25) is 91.1 Å². The molecule has 0 radical (unpaired) electrons. The molecule has 0 saturated carbocycles. The summed E-state index contributed by atoms with van der Waals surface area (Å²) in [4.78, 5) is 276. The zero-order valence-electron chi connectivity index (χ0n) is 80.3. The first-order valence-corrected chi connectivity index (χ1v) is 46.3. The first kappa shape index (κ1) is 113. The molecular formula is C97H120N20O26S. The van der Waals surface area contributed by atoms with Gasteiger partial charge in [-0.25, -0.2) is 4.79 Å².